The van der Waals surface area contributed by atoms with E-state index in [0.717, 1.165) is 12.0 Å². The Kier molecular flexibility index (Phi) is 5.35. The molecule has 0 fully saturated rings. The summed E-state index contributed by atoms with van der Waals surface area (Å²) in [6.45, 7) is 7.00. The predicted molar refractivity (Wildman–Crippen MR) is 55.2 cm³/mol. The summed E-state index contributed by atoms with van der Waals surface area (Å²) in [4.78, 5) is 0. The topological polar surface area (TPSA) is 40.5 Å². The number of rotatable bonds is 5. The lowest BCUT2D eigenvalue weighted by molar-refractivity contribution is -0.142. The Hall–Kier alpha value is -0.860. The van der Waals surface area contributed by atoms with Gasteiger partial charge in [0.2, 0.25) is 0 Å². The highest BCUT2D eigenvalue weighted by atomic mass is 16.5. The molecule has 0 amide bonds. The SMILES string of the molecule is C=C/C(=C\C=C/CC)CC(C)(O)O. The van der Waals surface area contributed by atoms with Crippen LogP contribution < -0.4 is 0 Å². The quantitative estimate of drug-likeness (QED) is 0.505. The van der Waals surface area contributed by atoms with Crippen molar-refractivity contribution < 1.29 is 10.2 Å². The van der Waals surface area contributed by atoms with Crippen molar-refractivity contribution >= 4 is 0 Å². The van der Waals surface area contributed by atoms with E-state index in [4.69, 9.17) is 10.2 Å². The normalized spacial score (nSPS) is 13.7. The summed E-state index contributed by atoms with van der Waals surface area (Å²) in [6, 6.07) is 0. The molecule has 0 aliphatic heterocycles. The molecule has 0 radical (unpaired) electrons. The number of hydrogen-bond acceptors (Lipinski definition) is 2. The van der Waals surface area contributed by atoms with E-state index in [1.807, 2.05) is 25.2 Å². The van der Waals surface area contributed by atoms with E-state index < -0.39 is 5.79 Å². The minimum absolute atomic E-state index is 0.199. The van der Waals surface area contributed by atoms with E-state index >= 15 is 0 Å². The molecule has 2 N–H and O–H groups in total. The van der Waals surface area contributed by atoms with E-state index in [1.165, 1.54) is 6.92 Å². The van der Waals surface area contributed by atoms with Crippen LogP contribution in [-0.4, -0.2) is 16.0 Å². The molecule has 0 aromatic heterocycles. The van der Waals surface area contributed by atoms with Crippen molar-refractivity contribution in [2.24, 2.45) is 0 Å². The van der Waals surface area contributed by atoms with Gasteiger partial charge in [-0.15, -0.1) is 0 Å². The van der Waals surface area contributed by atoms with Crippen LogP contribution >= 0.6 is 0 Å². The largest absolute Gasteiger partial charge is 0.366 e. The summed E-state index contributed by atoms with van der Waals surface area (Å²) in [6.07, 6.45) is 8.52. The van der Waals surface area contributed by atoms with Crippen molar-refractivity contribution in [3.63, 3.8) is 0 Å². The van der Waals surface area contributed by atoms with Gasteiger partial charge in [0, 0.05) is 6.42 Å². The third-order valence-electron chi connectivity index (χ3n) is 1.48. The lowest BCUT2D eigenvalue weighted by Crippen LogP contribution is -2.22. The van der Waals surface area contributed by atoms with Gasteiger partial charge in [0.05, 0.1) is 0 Å². The van der Waals surface area contributed by atoms with Gasteiger partial charge in [-0.2, -0.15) is 0 Å². The maximum Gasteiger partial charge on any atom is 0.163 e. The Bertz CT molecular complexity index is 207. The zero-order valence-corrected chi connectivity index (χ0v) is 8.33. The summed E-state index contributed by atoms with van der Waals surface area (Å²) in [5.74, 6) is -1.65. The van der Waals surface area contributed by atoms with Gasteiger partial charge in [0.1, 0.15) is 0 Å². The first-order valence-corrected chi connectivity index (χ1v) is 4.42. The number of allylic oxidation sites excluding steroid dienone is 4. The first kappa shape index (κ1) is 12.1. The fourth-order valence-corrected chi connectivity index (χ4v) is 0.914. The standard InChI is InChI=1S/C11H18O2/c1-4-6-7-8-10(5-2)9-11(3,12)13/h5-8,12-13H,2,4,9H2,1,3H3/b7-6-,10-8+. The minimum Gasteiger partial charge on any atom is -0.366 e. The van der Waals surface area contributed by atoms with E-state index in [1.54, 1.807) is 6.08 Å². The Morgan fingerprint density at radius 1 is 1.46 bits per heavy atom. The highest BCUT2D eigenvalue weighted by molar-refractivity contribution is 5.22. The maximum atomic E-state index is 9.12. The lowest BCUT2D eigenvalue weighted by Gasteiger charge is -2.15. The second kappa shape index (κ2) is 5.73. The molecule has 2 heteroatoms. The van der Waals surface area contributed by atoms with Gasteiger partial charge in [0.25, 0.3) is 0 Å². The van der Waals surface area contributed by atoms with Crippen LogP contribution in [0, 0.1) is 0 Å². The zero-order valence-electron chi connectivity index (χ0n) is 8.33. The van der Waals surface area contributed by atoms with Crippen molar-refractivity contribution in [2.45, 2.75) is 32.5 Å². The van der Waals surface area contributed by atoms with Crippen LogP contribution in [0.25, 0.3) is 0 Å². The van der Waals surface area contributed by atoms with Crippen LogP contribution in [0.4, 0.5) is 0 Å². The summed E-state index contributed by atoms with van der Waals surface area (Å²) in [5, 5.41) is 18.2. The van der Waals surface area contributed by atoms with Crippen molar-refractivity contribution in [1.29, 1.82) is 0 Å². The van der Waals surface area contributed by atoms with Crippen molar-refractivity contribution in [2.75, 3.05) is 0 Å². The van der Waals surface area contributed by atoms with Crippen molar-refractivity contribution in [3.8, 4) is 0 Å². The second-order valence-corrected chi connectivity index (χ2v) is 3.18. The molecule has 0 atom stereocenters. The highest BCUT2D eigenvalue weighted by Crippen LogP contribution is 2.13. The predicted octanol–water partition coefficient (Wildman–Crippen LogP) is 2.16. The molecule has 0 saturated heterocycles. The first-order valence-electron chi connectivity index (χ1n) is 4.42. The highest BCUT2D eigenvalue weighted by Gasteiger charge is 2.15. The van der Waals surface area contributed by atoms with Gasteiger partial charge < -0.3 is 10.2 Å². The molecule has 0 spiro atoms. The summed E-state index contributed by atoms with van der Waals surface area (Å²) >= 11 is 0. The van der Waals surface area contributed by atoms with Crippen LogP contribution in [0.5, 0.6) is 0 Å². The van der Waals surface area contributed by atoms with Crippen molar-refractivity contribution in [3.05, 3.63) is 36.5 Å². The summed E-state index contributed by atoms with van der Waals surface area (Å²) < 4.78 is 0. The van der Waals surface area contributed by atoms with Gasteiger partial charge in [-0.1, -0.05) is 37.8 Å². The minimum atomic E-state index is -1.65. The number of hydrogen-bond donors (Lipinski definition) is 2. The van der Waals surface area contributed by atoms with Crippen LogP contribution in [0.1, 0.15) is 26.7 Å². The first-order chi connectivity index (χ1) is 5.99. The van der Waals surface area contributed by atoms with E-state index in [2.05, 4.69) is 6.58 Å². The Morgan fingerprint density at radius 2 is 2.08 bits per heavy atom. The average Bonchev–Trinajstić information content (AvgIpc) is 2.01. The Morgan fingerprint density at radius 3 is 2.46 bits per heavy atom. The van der Waals surface area contributed by atoms with Crippen molar-refractivity contribution in [1.82, 2.24) is 0 Å². The molecule has 13 heavy (non-hydrogen) atoms. The molecule has 0 aromatic carbocycles. The smallest absolute Gasteiger partial charge is 0.163 e. The lowest BCUT2D eigenvalue weighted by atomic mass is 10.1. The molecular weight excluding hydrogens is 164 g/mol. The fraction of sp³-hybridized carbons (Fsp3) is 0.455. The molecule has 0 aliphatic carbocycles. The molecule has 0 aromatic rings. The molecule has 0 heterocycles. The van der Waals surface area contributed by atoms with Gasteiger partial charge in [-0.05, 0) is 18.9 Å². The number of aliphatic hydroxyl groups is 2. The van der Waals surface area contributed by atoms with Gasteiger partial charge in [-0.25, -0.2) is 0 Å². The monoisotopic (exact) mass is 182 g/mol. The molecule has 0 rings (SSSR count). The van der Waals surface area contributed by atoms with Gasteiger partial charge in [-0.3, -0.25) is 0 Å². The molecular formula is C11H18O2. The molecule has 0 aliphatic rings. The fourth-order valence-electron chi connectivity index (χ4n) is 0.914. The van der Waals surface area contributed by atoms with Crippen LogP contribution in [0.15, 0.2) is 36.5 Å². The summed E-state index contributed by atoms with van der Waals surface area (Å²) in [7, 11) is 0. The molecule has 0 bridgehead atoms. The third-order valence-corrected chi connectivity index (χ3v) is 1.48. The Labute approximate surface area is 79.9 Å². The molecule has 0 unspecified atom stereocenters. The average molecular weight is 182 g/mol. The van der Waals surface area contributed by atoms with Crippen LogP contribution in [0.2, 0.25) is 0 Å². The van der Waals surface area contributed by atoms with Gasteiger partial charge in [0.15, 0.2) is 5.79 Å². The van der Waals surface area contributed by atoms with E-state index in [9.17, 15) is 0 Å². The van der Waals surface area contributed by atoms with E-state index in [-0.39, 0.29) is 6.42 Å². The molecule has 74 valence electrons. The maximum absolute atomic E-state index is 9.12. The summed E-state index contributed by atoms with van der Waals surface area (Å²) in [5.41, 5.74) is 0.817. The van der Waals surface area contributed by atoms with Gasteiger partial charge >= 0.3 is 0 Å². The van der Waals surface area contributed by atoms with Crippen LogP contribution in [-0.2, 0) is 0 Å². The zero-order chi connectivity index (χ0) is 10.3. The third kappa shape index (κ3) is 7.50. The molecule has 2 nitrogen and oxygen atoms in total. The second-order valence-electron chi connectivity index (χ2n) is 3.18. The Balaban J connectivity index is 4.26. The van der Waals surface area contributed by atoms with Crippen LogP contribution in [0.3, 0.4) is 0 Å². The molecule has 0 saturated carbocycles. The van der Waals surface area contributed by atoms with E-state index in [0.29, 0.717) is 0 Å².